The molecule has 0 aliphatic heterocycles. The van der Waals surface area contributed by atoms with Crippen molar-refractivity contribution >= 4 is 32.9 Å². The van der Waals surface area contributed by atoms with E-state index in [1.165, 1.54) is 0 Å². The number of rotatable bonds is 4. The van der Waals surface area contributed by atoms with E-state index in [1.54, 1.807) is 37.3 Å². The number of hydrogen-bond donors (Lipinski definition) is 1. The van der Waals surface area contributed by atoms with E-state index in [1.807, 2.05) is 18.2 Å². The van der Waals surface area contributed by atoms with Crippen LogP contribution in [0.25, 0.3) is 11.0 Å². The Morgan fingerprint density at radius 3 is 2.78 bits per heavy atom. The zero-order valence-corrected chi connectivity index (χ0v) is 14.3. The Kier molecular flexibility index (Phi) is 4.29. The zero-order valence-electron chi connectivity index (χ0n) is 12.7. The number of methoxy groups -OCH3 is 1. The molecular weight excluding hydrogens is 360 g/mol. The summed E-state index contributed by atoms with van der Waals surface area (Å²) in [6.45, 7) is 0.443. The van der Waals surface area contributed by atoms with Crippen molar-refractivity contribution in [2.75, 3.05) is 14.2 Å². The van der Waals surface area contributed by atoms with E-state index >= 15 is 0 Å². The van der Waals surface area contributed by atoms with E-state index in [0.717, 1.165) is 21.3 Å². The molecule has 0 fully saturated rings. The molecule has 0 saturated carbocycles. The van der Waals surface area contributed by atoms with Gasteiger partial charge >= 0.3 is 0 Å². The third-order valence-corrected chi connectivity index (χ3v) is 4.05. The highest BCUT2D eigenvalue weighted by atomic mass is 79.9. The van der Waals surface area contributed by atoms with Crippen LogP contribution in [0.5, 0.6) is 5.75 Å². The van der Waals surface area contributed by atoms with Crippen LogP contribution in [0.4, 0.5) is 0 Å². The van der Waals surface area contributed by atoms with E-state index in [4.69, 9.17) is 4.74 Å². The molecule has 1 heterocycles. The topological polar surface area (TPSA) is 71.1 Å². The number of ether oxygens (including phenoxy) is 1. The number of halogens is 1. The largest absolute Gasteiger partial charge is 0.496 e. The zero-order chi connectivity index (χ0) is 16.4. The van der Waals surface area contributed by atoms with Crippen LogP contribution in [-0.4, -0.2) is 40.4 Å². The van der Waals surface area contributed by atoms with E-state index in [0.29, 0.717) is 17.6 Å². The van der Waals surface area contributed by atoms with Crippen molar-refractivity contribution in [2.24, 2.45) is 0 Å². The van der Waals surface area contributed by atoms with Gasteiger partial charge in [-0.3, -0.25) is 4.79 Å². The van der Waals surface area contributed by atoms with Crippen LogP contribution in [0.3, 0.4) is 0 Å². The molecule has 6 nitrogen and oxygen atoms in total. The molecule has 118 valence electrons. The van der Waals surface area contributed by atoms with Crippen molar-refractivity contribution in [2.45, 2.75) is 6.54 Å². The highest BCUT2D eigenvalue weighted by Gasteiger charge is 2.15. The fourth-order valence-corrected chi connectivity index (χ4v) is 2.80. The van der Waals surface area contributed by atoms with Crippen LogP contribution in [0.15, 0.2) is 40.9 Å². The minimum absolute atomic E-state index is 0.0862. The Bertz CT molecular complexity index is 862. The van der Waals surface area contributed by atoms with Crippen LogP contribution < -0.4 is 4.74 Å². The van der Waals surface area contributed by atoms with Gasteiger partial charge in [0, 0.05) is 29.2 Å². The summed E-state index contributed by atoms with van der Waals surface area (Å²) in [5.74, 6) is 0.664. The number of aromatic amines is 1. The molecule has 0 aliphatic rings. The van der Waals surface area contributed by atoms with Crippen LogP contribution in [-0.2, 0) is 6.54 Å². The normalized spacial score (nSPS) is 10.7. The Hall–Kier alpha value is -2.41. The van der Waals surface area contributed by atoms with Gasteiger partial charge in [-0.2, -0.15) is 15.4 Å². The molecule has 0 atom stereocenters. The number of H-pyrrole nitrogens is 1. The third kappa shape index (κ3) is 3.19. The van der Waals surface area contributed by atoms with Gasteiger partial charge in [-0.15, -0.1) is 0 Å². The molecule has 0 bridgehead atoms. The second-order valence-corrected chi connectivity index (χ2v) is 6.06. The first-order valence-electron chi connectivity index (χ1n) is 6.97. The SMILES string of the molecule is COc1ccc(Br)cc1CN(C)C(=O)c1ccc2n[nH]nc2c1. The lowest BCUT2D eigenvalue weighted by Crippen LogP contribution is -2.26. The van der Waals surface area contributed by atoms with Crippen molar-refractivity contribution in [3.05, 3.63) is 52.0 Å². The van der Waals surface area contributed by atoms with E-state index in [9.17, 15) is 4.79 Å². The molecule has 2 aromatic carbocycles. The fourth-order valence-electron chi connectivity index (χ4n) is 2.39. The first kappa shape index (κ1) is 15.5. The average Bonchev–Trinajstić information content (AvgIpc) is 3.01. The first-order valence-corrected chi connectivity index (χ1v) is 7.76. The smallest absolute Gasteiger partial charge is 0.253 e. The Morgan fingerprint density at radius 1 is 1.22 bits per heavy atom. The highest BCUT2D eigenvalue weighted by Crippen LogP contribution is 2.24. The molecule has 0 aliphatic carbocycles. The van der Waals surface area contributed by atoms with Crippen LogP contribution in [0.2, 0.25) is 0 Å². The minimum Gasteiger partial charge on any atom is -0.496 e. The maximum Gasteiger partial charge on any atom is 0.253 e. The van der Waals surface area contributed by atoms with Gasteiger partial charge in [-0.1, -0.05) is 15.9 Å². The van der Waals surface area contributed by atoms with Crippen molar-refractivity contribution < 1.29 is 9.53 Å². The van der Waals surface area contributed by atoms with Gasteiger partial charge in [-0.05, 0) is 36.4 Å². The molecule has 7 heteroatoms. The van der Waals surface area contributed by atoms with E-state index < -0.39 is 0 Å². The van der Waals surface area contributed by atoms with E-state index in [2.05, 4.69) is 31.3 Å². The van der Waals surface area contributed by atoms with Crippen molar-refractivity contribution in [1.82, 2.24) is 20.3 Å². The van der Waals surface area contributed by atoms with Gasteiger partial charge in [0.25, 0.3) is 5.91 Å². The fraction of sp³-hybridized carbons (Fsp3) is 0.188. The molecule has 0 radical (unpaired) electrons. The Morgan fingerprint density at radius 2 is 2.00 bits per heavy atom. The summed E-state index contributed by atoms with van der Waals surface area (Å²) in [6.07, 6.45) is 0. The van der Waals surface area contributed by atoms with Crippen LogP contribution in [0, 0.1) is 0 Å². The van der Waals surface area contributed by atoms with Crippen molar-refractivity contribution in [1.29, 1.82) is 0 Å². The molecule has 0 saturated heterocycles. The number of amides is 1. The molecule has 0 spiro atoms. The quantitative estimate of drug-likeness (QED) is 0.761. The van der Waals surface area contributed by atoms with Gasteiger partial charge in [0.05, 0.1) is 7.11 Å². The summed E-state index contributed by atoms with van der Waals surface area (Å²) in [7, 11) is 3.38. The number of hydrogen-bond acceptors (Lipinski definition) is 4. The molecule has 23 heavy (non-hydrogen) atoms. The number of fused-ring (bicyclic) bond motifs is 1. The number of carbonyl (C=O) groups is 1. The van der Waals surface area contributed by atoms with E-state index in [-0.39, 0.29) is 5.91 Å². The Balaban J connectivity index is 1.83. The standard InChI is InChI=1S/C16H15BrN4O2/c1-21(9-11-7-12(17)4-6-15(11)23-2)16(22)10-3-5-13-14(8-10)19-20-18-13/h3-8H,9H2,1-2H3,(H,18,19,20). The number of nitrogens with one attached hydrogen (secondary N) is 1. The molecule has 3 aromatic rings. The summed E-state index contributed by atoms with van der Waals surface area (Å²) < 4.78 is 6.30. The Labute approximate surface area is 141 Å². The number of aromatic nitrogens is 3. The minimum atomic E-state index is -0.0862. The highest BCUT2D eigenvalue weighted by molar-refractivity contribution is 9.10. The molecule has 3 rings (SSSR count). The molecular formula is C16H15BrN4O2. The molecule has 0 unspecified atom stereocenters. The summed E-state index contributed by atoms with van der Waals surface area (Å²) in [4.78, 5) is 14.3. The number of carbonyl (C=O) groups excluding carboxylic acids is 1. The number of benzene rings is 2. The molecule has 1 amide bonds. The lowest BCUT2D eigenvalue weighted by Gasteiger charge is -2.19. The monoisotopic (exact) mass is 374 g/mol. The second kappa shape index (κ2) is 6.37. The lowest BCUT2D eigenvalue weighted by molar-refractivity contribution is 0.0784. The lowest BCUT2D eigenvalue weighted by atomic mass is 10.1. The van der Waals surface area contributed by atoms with Gasteiger partial charge in [0.15, 0.2) is 0 Å². The molecule has 1 N–H and O–H groups in total. The van der Waals surface area contributed by atoms with Gasteiger partial charge in [0.1, 0.15) is 16.8 Å². The summed E-state index contributed by atoms with van der Waals surface area (Å²) in [6, 6.07) is 11.0. The summed E-state index contributed by atoms with van der Waals surface area (Å²) in [5, 5.41) is 10.5. The van der Waals surface area contributed by atoms with Crippen LogP contribution >= 0.6 is 15.9 Å². The van der Waals surface area contributed by atoms with Crippen molar-refractivity contribution in [3.8, 4) is 5.75 Å². The third-order valence-electron chi connectivity index (χ3n) is 3.56. The summed E-state index contributed by atoms with van der Waals surface area (Å²) in [5.41, 5.74) is 2.91. The first-order chi connectivity index (χ1) is 11.1. The predicted octanol–water partition coefficient (Wildman–Crippen LogP) is 3.00. The van der Waals surface area contributed by atoms with Gasteiger partial charge < -0.3 is 9.64 Å². The van der Waals surface area contributed by atoms with Gasteiger partial charge in [0.2, 0.25) is 0 Å². The number of nitrogens with zero attached hydrogens (tertiary/aromatic N) is 3. The maximum atomic E-state index is 12.6. The van der Waals surface area contributed by atoms with Gasteiger partial charge in [-0.25, -0.2) is 0 Å². The predicted molar refractivity (Wildman–Crippen MR) is 90.4 cm³/mol. The van der Waals surface area contributed by atoms with Crippen LogP contribution in [0.1, 0.15) is 15.9 Å². The average molecular weight is 375 g/mol. The maximum absolute atomic E-state index is 12.6. The van der Waals surface area contributed by atoms with Crippen molar-refractivity contribution in [3.63, 3.8) is 0 Å². The molecule has 1 aromatic heterocycles. The second-order valence-electron chi connectivity index (χ2n) is 5.14. The summed E-state index contributed by atoms with van der Waals surface area (Å²) >= 11 is 3.44.